The van der Waals surface area contributed by atoms with Crippen molar-refractivity contribution in [3.05, 3.63) is 89.0 Å². The second-order valence-electron chi connectivity index (χ2n) is 12.6. The van der Waals surface area contributed by atoms with E-state index in [9.17, 15) is 14.9 Å². The SMILES string of the molecule is CNC1C=CC2=CN(c3cc(NC(=O)Nc4cc(C(C)(C)C)nn4-c4ccc(C#N)cc4)c(F)cc3C)C(=O)C(C(C)C)C2=N1. The largest absolute Gasteiger partial charge is 0.324 e. The molecule has 0 saturated carbocycles. The maximum Gasteiger partial charge on any atom is 0.324 e. The van der Waals surface area contributed by atoms with E-state index in [1.165, 1.54) is 17.0 Å². The monoisotopic (exact) mass is 608 g/mol. The fraction of sp³-hybridized carbons (Fsp3) is 0.324. The van der Waals surface area contributed by atoms with E-state index in [2.05, 4.69) is 22.0 Å². The fourth-order valence-corrected chi connectivity index (χ4v) is 5.33. The fourth-order valence-electron chi connectivity index (χ4n) is 5.33. The molecule has 3 heterocycles. The Morgan fingerprint density at radius 1 is 1.11 bits per heavy atom. The zero-order valence-electron chi connectivity index (χ0n) is 26.4. The molecule has 2 aliphatic heterocycles. The molecule has 0 radical (unpaired) electrons. The van der Waals surface area contributed by atoms with Crippen LogP contribution in [0.15, 0.2) is 71.4 Å². The summed E-state index contributed by atoms with van der Waals surface area (Å²) in [5.41, 5.74) is 3.97. The minimum atomic E-state index is -0.690. The van der Waals surface area contributed by atoms with Gasteiger partial charge in [0.15, 0.2) is 0 Å². The second kappa shape index (κ2) is 12.1. The van der Waals surface area contributed by atoms with Crippen molar-refractivity contribution in [3.8, 4) is 11.8 Å². The van der Waals surface area contributed by atoms with Crippen LogP contribution in [-0.4, -0.2) is 40.6 Å². The molecule has 0 bridgehead atoms. The Bertz CT molecular complexity index is 1790. The van der Waals surface area contributed by atoms with Crippen molar-refractivity contribution in [1.82, 2.24) is 15.1 Å². The molecule has 11 heteroatoms. The number of allylic oxidation sites excluding steroid dienone is 2. The van der Waals surface area contributed by atoms with E-state index in [4.69, 9.17) is 10.1 Å². The Labute approximate surface area is 262 Å². The Hall–Kier alpha value is -5.08. The zero-order valence-corrected chi connectivity index (χ0v) is 26.4. The van der Waals surface area contributed by atoms with Gasteiger partial charge in [0.1, 0.15) is 17.8 Å². The predicted octanol–water partition coefficient (Wildman–Crippen LogP) is 6.19. The lowest BCUT2D eigenvalue weighted by Crippen LogP contribution is -2.46. The van der Waals surface area contributed by atoms with Crippen LogP contribution in [0.4, 0.5) is 26.4 Å². The number of urea groups is 1. The number of nitriles is 1. The number of anilines is 3. The number of benzene rings is 2. The van der Waals surface area contributed by atoms with E-state index in [-0.39, 0.29) is 29.1 Å². The molecule has 0 spiro atoms. The van der Waals surface area contributed by atoms with Crippen LogP contribution in [0.3, 0.4) is 0 Å². The van der Waals surface area contributed by atoms with Crippen LogP contribution in [0, 0.1) is 35.9 Å². The number of nitrogens with zero attached hydrogens (tertiary/aromatic N) is 5. The number of carbonyl (C=O) groups is 2. The highest BCUT2D eigenvalue weighted by atomic mass is 19.1. The first-order chi connectivity index (χ1) is 21.3. The van der Waals surface area contributed by atoms with Gasteiger partial charge in [-0.25, -0.2) is 13.9 Å². The van der Waals surface area contributed by atoms with Crippen LogP contribution < -0.4 is 20.9 Å². The topological polar surface area (TPSA) is 127 Å². The summed E-state index contributed by atoms with van der Waals surface area (Å²) >= 11 is 0. The third kappa shape index (κ3) is 6.28. The first kappa shape index (κ1) is 31.3. The van der Waals surface area contributed by atoms with E-state index in [1.807, 2.05) is 53.8 Å². The van der Waals surface area contributed by atoms with E-state index in [0.717, 1.165) is 17.0 Å². The molecule has 2 atom stereocenters. The summed E-state index contributed by atoms with van der Waals surface area (Å²) in [5.74, 6) is -0.981. The maximum absolute atomic E-state index is 15.3. The van der Waals surface area contributed by atoms with Gasteiger partial charge in [0.25, 0.3) is 0 Å². The van der Waals surface area contributed by atoms with Crippen molar-refractivity contribution in [2.75, 3.05) is 22.6 Å². The third-order valence-corrected chi connectivity index (χ3v) is 7.81. The molecule has 232 valence electrons. The van der Waals surface area contributed by atoms with Gasteiger partial charge in [0, 0.05) is 23.3 Å². The number of fused-ring (bicyclic) bond motifs is 1. The molecule has 3 amide bonds. The Balaban J connectivity index is 1.46. The molecular formula is C34H37FN8O2. The van der Waals surface area contributed by atoms with Gasteiger partial charge in [0.05, 0.1) is 46.0 Å². The van der Waals surface area contributed by atoms with Gasteiger partial charge in [0.2, 0.25) is 5.91 Å². The van der Waals surface area contributed by atoms with Crippen LogP contribution in [-0.2, 0) is 10.2 Å². The van der Waals surface area contributed by atoms with Gasteiger partial charge in [-0.05, 0) is 67.9 Å². The van der Waals surface area contributed by atoms with Crippen LogP contribution in [0.2, 0.25) is 0 Å². The van der Waals surface area contributed by atoms with Crippen molar-refractivity contribution < 1.29 is 14.0 Å². The highest BCUT2D eigenvalue weighted by Gasteiger charge is 2.39. The van der Waals surface area contributed by atoms with Gasteiger partial charge < -0.3 is 5.32 Å². The van der Waals surface area contributed by atoms with Crippen LogP contribution in [0.25, 0.3) is 5.69 Å². The molecule has 2 aliphatic rings. The van der Waals surface area contributed by atoms with Crippen LogP contribution in [0.1, 0.15) is 51.4 Å². The predicted molar refractivity (Wildman–Crippen MR) is 174 cm³/mol. The van der Waals surface area contributed by atoms with Crippen molar-refractivity contribution in [3.63, 3.8) is 0 Å². The molecule has 10 nitrogen and oxygen atoms in total. The number of hydrogen-bond donors (Lipinski definition) is 3. The van der Waals surface area contributed by atoms with Crippen molar-refractivity contribution in [1.29, 1.82) is 5.26 Å². The number of amides is 3. The number of aromatic nitrogens is 2. The summed E-state index contributed by atoms with van der Waals surface area (Å²) in [6.07, 6.45) is 5.36. The van der Waals surface area contributed by atoms with Gasteiger partial charge in [-0.15, -0.1) is 0 Å². The lowest BCUT2D eigenvalue weighted by atomic mass is 9.82. The van der Waals surface area contributed by atoms with Gasteiger partial charge in [-0.1, -0.05) is 40.7 Å². The molecule has 1 aromatic heterocycles. The number of aryl methyl sites for hydroxylation is 1. The number of likely N-dealkylation sites (N-methyl/N-ethyl adjacent to an activating group) is 1. The number of rotatable bonds is 6. The summed E-state index contributed by atoms with van der Waals surface area (Å²) in [4.78, 5) is 33.4. The number of nitrogens with one attached hydrogen (secondary N) is 3. The van der Waals surface area contributed by atoms with E-state index in [0.29, 0.717) is 28.3 Å². The smallest absolute Gasteiger partial charge is 0.305 e. The van der Waals surface area contributed by atoms with Crippen LogP contribution >= 0.6 is 0 Å². The number of hydrogen-bond acceptors (Lipinski definition) is 6. The van der Waals surface area contributed by atoms with Gasteiger partial charge in [-0.2, -0.15) is 10.4 Å². The van der Waals surface area contributed by atoms with E-state index < -0.39 is 17.8 Å². The Morgan fingerprint density at radius 3 is 2.44 bits per heavy atom. The lowest BCUT2D eigenvalue weighted by molar-refractivity contribution is -0.121. The van der Waals surface area contributed by atoms with Gasteiger partial charge >= 0.3 is 6.03 Å². The second-order valence-corrected chi connectivity index (χ2v) is 12.6. The lowest BCUT2D eigenvalue weighted by Gasteiger charge is -2.36. The minimum absolute atomic E-state index is 0.0328. The first-order valence-electron chi connectivity index (χ1n) is 14.8. The number of carbonyl (C=O) groups excluding carboxylic acids is 2. The molecule has 0 fully saturated rings. The summed E-state index contributed by atoms with van der Waals surface area (Å²) in [6.45, 7) is 11.7. The molecule has 2 aromatic carbocycles. The van der Waals surface area contributed by atoms with E-state index in [1.54, 1.807) is 48.1 Å². The summed E-state index contributed by atoms with van der Waals surface area (Å²) in [6, 6.07) is 12.7. The molecule has 3 aromatic rings. The summed E-state index contributed by atoms with van der Waals surface area (Å²) in [5, 5.41) is 22.4. The average molecular weight is 609 g/mol. The summed E-state index contributed by atoms with van der Waals surface area (Å²) in [7, 11) is 1.81. The van der Waals surface area contributed by atoms with Crippen molar-refractivity contribution >= 4 is 34.8 Å². The number of dihydropyridines is 1. The number of aliphatic imine (C=N–C) groups is 1. The van der Waals surface area contributed by atoms with Crippen LogP contribution in [0.5, 0.6) is 0 Å². The standard InChI is InChI=1S/C34H37FN8O2/c1-19(2)30-31-22(10-13-28(37-7)39-31)18-42(32(30)44)26-15-25(24(35)14-20(26)3)38-33(45)40-29-16-27(34(4,5)6)41-43(29)23-11-8-21(17-36)9-12-23/h8-16,18-19,28,30,37H,1-7H3,(H2,38,40,45). The molecule has 0 saturated heterocycles. The zero-order chi connectivity index (χ0) is 32.6. The highest BCUT2D eigenvalue weighted by molar-refractivity contribution is 6.22. The molecule has 45 heavy (non-hydrogen) atoms. The maximum atomic E-state index is 15.3. The molecule has 2 unspecified atom stereocenters. The first-order valence-corrected chi connectivity index (χ1v) is 14.8. The Morgan fingerprint density at radius 2 is 1.82 bits per heavy atom. The number of halogens is 1. The molecule has 3 N–H and O–H groups in total. The molecular weight excluding hydrogens is 571 g/mol. The van der Waals surface area contributed by atoms with Gasteiger partial charge in [-0.3, -0.25) is 25.3 Å². The molecule has 0 aliphatic carbocycles. The quantitative estimate of drug-likeness (QED) is 0.307. The Kier molecular flexibility index (Phi) is 8.45. The van der Waals surface area contributed by atoms with Crippen molar-refractivity contribution in [2.24, 2.45) is 16.8 Å². The highest BCUT2D eigenvalue weighted by Crippen LogP contribution is 2.36. The minimum Gasteiger partial charge on any atom is -0.305 e. The third-order valence-electron chi connectivity index (χ3n) is 7.81. The molecule has 5 rings (SSSR count). The average Bonchev–Trinajstić information content (AvgIpc) is 3.42. The summed E-state index contributed by atoms with van der Waals surface area (Å²) < 4.78 is 16.9. The van der Waals surface area contributed by atoms with E-state index >= 15 is 4.39 Å². The van der Waals surface area contributed by atoms with Crippen molar-refractivity contribution in [2.45, 2.75) is 53.1 Å². The normalized spacial score (nSPS) is 17.9.